The summed E-state index contributed by atoms with van der Waals surface area (Å²) in [7, 11) is 1.56. The number of hydrogen-bond donors (Lipinski definition) is 0. The molecule has 0 aliphatic heterocycles. The smallest absolute Gasteiger partial charge is 0.268 e. The second-order valence-corrected chi connectivity index (χ2v) is 8.47. The van der Waals surface area contributed by atoms with Gasteiger partial charge < -0.3 is 9.15 Å². The summed E-state index contributed by atoms with van der Waals surface area (Å²) >= 11 is 0. The highest BCUT2D eigenvalue weighted by Gasteiger charge is 2.24. The number of rotatable bonds is 5. The van der Waals surface area contributed by atoms with E-state index in [1.54, 1.807) is 29.9 Å². The Balaban J connectivity index is 1.70. The van der Waals surface area contributed by atoms with Gasteiger partial charge in [-0.25, -0.2) is 0 Å². The van der Waals surface area contributed by atoms with Crippen molar-refractivity contribution in [3.8, 4) is 5.75 Å². The van der Waals surface area contributed by atoms with Crippen LogP contribution in [0.4, 0.5) is 0 Å². The van der Waals surface area contributed by atoms with E-state index in [1.165, 1.54) is 6.42 Å². The largest absolute Gasteiger partial charge is 0.497 e. The third kappa shape index (κ3) is 3.70. The first kappa shape index (κ1) is 20.5. The normalized spacial score (nSPS) is 14.8. The van der Waals surface area contributed by atoms with Crippen molar-refractivity contribution < 1.29 is 9.15 Å². The summed E-state index contributed by atoms with van der Waals surface area (Å²) in [5, 5.41) is 0.382. The highest BCUT2D eigenvalue weighted by molar-refractivity contribution is 5.88. The van der Waals surface area contributed by atoms with Gasteiger partial charge in [-0.15, -0.1) is 0 Å². The number of nitrogens with zero attached hydrogens (tertiary/aromatic N) is 2. The highest BCUT2D eigenvalue weighted by atomic mass is 16.5. The van der Waals surface area contributed by atoms with Crippen LogP contribution in [-0.4, -0.2) is 16.7 Å². The van der Waals surface area contributed by atoms with Crippen molar-refractivity contribution in [2.45, 2.75) is 51.0 Å². The molecule has 2 aromatic heterocycles. The standard InChI is InChI=1S/C26H26N2O4/c1-31-19-12-13-20-21(16-19)32-25-22(23(20)29)26(30)28(15-14-17-8-4-2-5-9-17)24(27-25)18-10-6-3-7-11-18/h2,4-5,8-9,12-13,16,18H,3,6-7,10-11,14-15H2,1H3. The maximum absolute atomic E-state index is 13.6. The fraction of sp³-hybridized carbons (Fsp3) is 0.346. The van der Waals surface area contributed by atoms with Gasteiger partial charge in [-0.05, 0) is 37.0 Å². The number of methoxy groups -OCH3 is 1. The molecule has 0 radical (unpaired) electrons. The molecule has 0 spiro atoms. The minimum atomic E-state index is -0.343. The molecule has 2 aromatic carbocycles. The fourth-order valence-electron chi connectivity index (χ4n) is 4.73. The molecule has 164 valence electrons. The van der Waals surface area contributed by atoms with Crippen molar-refractivity contribution >= 4 is 22.1 Å². The van der Waals surface area contributed by atoms with Gasteiger partial charge in [0.15, 0.2) is 5.39 Å². The van der Waals surface area contributed by atoms with Crippen LogP contribution in [-0.2, 0) is 13.0 Å². The van der Waals surface area contributed by atoms with Crippen molar-refractivity contribution in [2.24, 2.45) is 0 Å². The van der Waals surface area contributed by atoms with E-state index in [4.69, 9.17) is 14.1 Å². The molecule has 1 fully saturated rings. The quantitative estimate of drug-likeness (QED) is 0.425. The first-order valence-electron chi connectivity index (χ1n) is 11.2. The monoisotopic (exact) mass is 430 g/mol. The molecule has 1 aliphatic rings. The number of fused-ring (bicyclic) bond motifs is 2. The number of aryl methyl sites for hydroxylation is 1. The van der Waals surface area contributed by atoms with Gasteiger partial charge in [0.05, 0.1) is 12.5 Å². The molecule has 0 unspecified atom stereocenters. The van der Waals surface area contributed by atoms with Gasteiger partial charge >= 0.3 is 0 Å². The van der Waals surface area contributed by atoms with Gasteiger partial charge in [0.2, 0.25) is 11.1 Å². The molecule has 6 heteroatoms. The van der Waals surface area contributed by atoms with E-state index in [-0.39, 0.29) is 28.0 Å². The Kier molecular flexibility index (Phi) is 5.52. The molecule has 6 nitrogen and oxygen atoms in total. The Hall–Kier alpha value is -3.41. The Morgan fingerprint density at radius 3 is 2.59 bits per heavy atom. The van der Waals surface area contributed by atoms with Crippen LogP contribution in [0.1, 0.15) is 49.4 Å². The zero-order valence-corrected chi connectivity index (χ0v) is 18.2. The van der Waals surface area contributed by atoms with Crippen LogP contribution in [0.3, 0.4) is 0 Å². The molecule has 0 N–H and O–H groups in total. The number of ether oxygens (including phenoxy) is 1. The van der Waals surface area contributed by atoms with Crippen LogP contribution in [0, 0.1) is 0 Å². The van der Waals surface area contributed by atoms with Gasteiger partial charge in [-0.3, -0.25) is 14.2 Å². The zero-order chi connectivity index (χ0) is 22.1. The van der Waals surface area contributed by atoms with Crippen LogP contribution in [0.15, 0.2) is 62.5 Å². The average molecular weight is 431 g/mol. The summed E-state index contributed by atoms with van der Waals surface area (Å²) in [6.45, 7) is 0.484. The third-order valence-electron chi connectivity index (χ3n) is 6.47. The Morgan fingerprint density at radius 1 is 1.06 bits per heavy atom. The van der Waals surface area contributed by atoms with Crippen molar-refractivity contribution in [2.75, 3.05) is 7.11 Å². The summed E-state index contributed by atoms with van der Waals surface area (Å²) in [5.74, 6) is 1.52. The average Bonchev–Trinajstić information content (AvgIpc) is 2.84. The first-order chi connectivity index (χ1) is 15.7. The van der Waals surface area contributed by atoms with Gasteiger partial charge in [0.25, 0.3) is 5.56 Å². The van der Waals surface area contributed by atoms with E-state index in [0.29, 0.717) is 29.7 Å². The maximum Gasteiger partial charge on any atom is 0.268 e. The molecule has 1 aliphatic carbocycles. The summed E-state index contributed by atoms with van der Waals surface area (Å²) in [5.41, 5.74) is 0.998. The Morgan fingerprint density at radius 2 is 1.84 bits per heavy atom. The van der Waals surface area contributed by atoms with Crippen molar-refractivity contribution in [1.29, 1.82) is 0 Å². The van der Waals surface area contributed by atoms with Gasteiger partial charge in [-0.2, -0.15) is 4.98 Å². The molecule has 0 saturated heterocycles. The van der Waals surface area contributed by atoms with E-state index < -0.39 is 0 Å². The van der Waals surface area contributed by atoms with Crippen LogP contribution < -0.4 is 15.7 Å². The minimum absolute atomic E-state index is 0.0234. The van der Waals surface area contributed by atoms with E-state index >= 15 is 0 Å². The molecule has 32 heavy (non-hydrogen) atoms. The number of aromatic nitrogens is 2. The Labute approximate surface area is 185 Å². The van der Waals surface area contributed by atoms with Crippen molar-refractivity contribution in [3.05, 3.63) is 80.5 Å². The predicted octanol–water partition coefficient (Wildman–Crippen LogP) is 4.80. The van der Waals surface area contributed by atoms with E-state index in [1.807, 2.05) is 18.2 Å². The van der Waals surface area contributed by atoms with Crippen LogP contribution in [0.25, 0.3) is 22.1 Å². The molecular formula is C26H26N2O4. The third-order valence-corrected chi connectivity index (χ3v) is 6.47. The van der Waals surface area contributed by atoms with Gasteiger partial charge in [0, 0.05) is 18.5 Å². The van der Waals surface area contributed by atoms with Crippen LogP contribution in [0.2, 0.25) is 0 Å². The topological polar surface area (TPSA) is 74.3 Å². The second-order valence-electron chi connectivity index (χ2n) is 8.47. The SMILES string of the molecule is COc1ccc2c(=O)c3c(=O)n(CCc4ccccc4)c(C4CCCCC4)nc3oc2c1. The van der Waals surface area contributed by atoms with Crippen molar-refractivity contribution in [1.82, 2.24) is 9.55 Å². The van der Waals surface area contributed by atoms with Gasteiger partial charge in [0.1, 0.15) is 17.2 Å². The van der Waals surface area contributed by atoms with Gasteiger partial charge in [-0.1, -0.05) is 49.6 Å². The van der Waals surface area contributed by atoms with Crippen LogP contribution in [0.5, 0.6) is 5.75 Å². The lowest BCUT2D eigenvalue weighted by Crippen LogP contribution is -2.31. The van der Waals surface area contributed by atoms with Crippen molar-refractivity contribution in [3.63, 3.8) is 0 Å². The molecular weight excluding hydrogens is 404 g/mol. The lowest BCUT2D eigenvalue weighted by Gasteiger charge is -2.24. The molecule has 0 bridgehead atoms. The first-order valence-corrected chi connectivity index (χ1v) is 11.2. The molecule has 1 saturated carbocycles. The lowest BCUT2D eigenvalue weighted by molar-refractivity contribution is 0.407. The summed E-state index contributed by atoms with van der Waals surface area (Å²) < 4.78 is 13.0. The number of hydrogen-bond acceptors (Lipinski definition) is 5. The zero-order valence-electron chi connectivity index (χ0n) is 18.2. The fourth-order valence-corrected chi connectivity index (χ4v) is 4.73. The molecule has 0 amide bonds. The summed E-state index contributed by atoms with van der Waals surface area (Å²) in [6.07, 6.45) is 6.14. The summed E-state index contributed by atoms with van der Waals surface area (Å²) in [4.78, 5) is 31.7. The van der Waals surface area contributed by atoms with E-state index in [2.05, 4.69) is 12.1 Å². The number of benzene rings is 2. The predicted molar refractivity (Wildman–Crippen MR) is 125 cm³/mol. The molecule has 4 aromatic rings. The minimum Gasteiger partial charge on any atom is -0.497 e. The maximum atomic E-state index is 13.6. The summed E-state index contributed by atoms with van der Waals surface area (Å²) in [6, 6.07) is 15.1. The molecule has 5 rings (SSSR count). The highest BCUT2D eigenvalue weighted by Crippen LogP contribution is 2.32. The lowest BCUT2D eigenvalue weighted by atomic mass is 9.88. The van der Waals surface area contributed by atoms with Crippen LogP contribution >= 0.6 is 0 Å². The molecule has 2 heterocycles. The van der Waals surface area contributed by atoms with E-state index in [9.17, 15) is 9.59 Å². The molecule has 0 atom stereocenters. The second kappa shape index (κ2) is 8.61. The Bertz CT molecular complexity index is 1380. The van der Waals surface area contributed by atoms with E-state index in [0.717, 1.165) is 37.1 Å².